The molecule has 1 heterocycles. The first-order valence-electron chi connectivity index (χ1n) is 6.81. The second-order valence-corrected chi connectivity index (χ2v) is 6.27. The number of ether oxygens (including phenoxy) is 1. The van der Waals surface area contributed by atoms with Crippen LogP contribution in [0.25, 0.3) is 0 Å². The molecule has 1 fully saturated rings. The van der Waals surface area contributed by atoms with Crippen molar-refractivity contribution in [1.29, 1.82) is 0 Å². The third kappa shape index (κ3) is 4.52. The SMILES string of the molecule is CNC(CCC1CCCO1)Cc1ccc(I)cc1. The van der Waals surface area contributed by atoms with Crippen LogP contribution in [0.4, 0.5) is 0 Å². The van der Waals surface area contributed by atoms with Gasteiger partial charge >= 0.3 is 0 Å². The van der Waals surface area contributed by atoms with Gasteiger partial charge in [0.2, 0.25) is 0 Å². The Morgan fingerprint density at radius 1 is 1.39 bits per heavy atom. The zero-order chi connectivity index (χ0) is 12.8. The van der Waals surface area contributed by atoms with Gasteiger partial charge in [-0.25, -0.2) is 0 Å². The third-order valence-corrected chi connectivity index (χ3v) is 4.38. The molecule has 1 aromatic rings. The zero-order valence-electron chi connectivity index (χ0n) is 11.0. The van der Waals surface area contributed by atoms with Crippen molar-refractivity contribution in [3.8, 4) is 0 Å². The molecule has 2 nitrogen and oxygen atoms in total. The van der Waals surface area contributed by atoms with Gasteiger partial charge in [0.15, 0.2) is 0 Å². The van der Waals surface area contributed by atoms with E-state index in [1.54, 1.807) is 0 Å². The molecule has 100 valence electrons. The van der Waals surface area contributed by atoms with Gasteiger partial charge in [-0.05, 0) is 79.4 Å². The summed E-state index contributed by atoms with van der Waals surface area (Å²) in [6.07, 6.45) is 6.51. The van der Waals surface area contributed by atoms with Crippen LogP contribution in [0.3, 0.4) is 0 Å². The van der Waals surface area contributed by atoms with Crippen LogP contribution in [-0.2, 0) is 11.2 Å². The summed E-state index contributed by atoms with van der Waals surface area (Å²) in [4.78, 5) is 0. The molecule has 1 aliphatic heterocycles. The van der Waals surface area contributed by atoms with Crippen LogP contribution in [0.2, 0.25) is 0 Å². The summed E-state index contributed by atoms with van der Waals surface area (Å²) in [6.45, 7) is 0.964. The van der Waals surface area contributed by atoms with E-state index in [-0.39, 0.29) is 0 Å². The van der Waals surface area contributed by atoms with Gasteiger partial charge in [-0.2, -0.15) is 0 Å². The first-order valence-corrected chi connectivity index (χ1v) is 7.89. The van der Waals surface area contributed by atoms with Crippen molar-refractivity contribution in [2.75, 3.05) is 13.7 Å². The second-order valence-electron chi connectivity index (χ2n) is 5.03. The fourth-order valence-electron chi connectivity index (χ4n) is 2.51. The highest BCUT2D eigenvalue weighted by Gasteiger charge is 2.17. The van der Waals surface area contributed by atoms with Gasteiger partial charge in [-0.3, -0.25) is 0 Å². The Morgan fingerprint density at radius 3 is 2.78 bits per heavy atom. The van der Waals surface area contributed by atoms with Gasteiger partial charge in [0, 0.05) is 16.2 Å². The topological polar surface area (TPSA) is 21.3 Å². The van der Waals surface area contributed by atoms with Crippen LogP contribution < -0.4 is 5.32 Å². The lowest BCUT2D eigenvalue weighted by molar-refractivity contribution is 0.0998. The summed E-state index contributed by atoms with van der Waals surface area (Å²) in [6, 6.07) is 9.40. The summed E-state index contributed by atoms with van der Waals surface area (Å²) in [7, 11) is 2.06. The summed E-state index contributed by atoms with van der Waals surface area (Å²) < 4.78 is 6.99. The zero-order valence-corrected chi connectivity index (χ0v) is 13.2. The molecule has 1 aliphatic rings. The van der Waals surface area contributed by atoms with Gasteiger partial charge in [-0.1, -0.05) is 12.1 Å². The molecule has 18 heavy (non-hydrogen) atoms. The Morgan fingerprint density at radius 2 is 2.17 bits per heavy atom. The van der Waals surface area contributed by atoms with E-state index in [0.717, 1.165) is 13.0 Å². The molecule has 0 spiro atoms. The number of hydrogen-bond acceptors (Lipinski definition) is 2. The maximum absolute atomic E-state index is 5.69. The van der Waals surface area contributed by atoms with E-state index in [1.807, 2.05) is 0 Å². The number of nitrogens with one attached hydrogen (secondary N) is 1. The monoisotopic (exact) mass is 359 g/mol. The summed E-state index contributed by atoms with van der Waals surface area (Å²) >= 11 is 2.35. The molecule has 2 rings (SSSR count). The summed E-state index contributed by atoms with van der Waals surface area (Å²) in [5.74, 6) is 0. The van der Waals surface area contributed by atoms with E-state index in [2.05, 4.69) is 59.2 Å². The summed E-state index contributed by atoms with van der Waals surface area (Å²) in [5.41, 5.74) is 1.42. The number of rotatable bonds is 6. The normalized spacial score (nSPS) is 21.1. The van der Waals surface area contributed by atoms with Crippen LogP contribution in [0, 0.1) is 3.57 Å². The molecular weight excluding hydrogens is 337 g/mol. The second kappa shape index (κ2) is 7.46. The lowest BCUT2D eigenvalue weighted by atomic mass is 9.99. The van der Waals surface area contributed by atoms with Crippen LogP contribution in [-0.4, -0.2) is 25.8 Å². The summed E-state index contributed by atoms with van der Waals surface area (Å²) in [5, 5.41) is 3.43. The van der Waals surface area contributed by atoms with Crippen molar-refractivity contribution < 1.29 is 4.74 Å². The molecule has 2 unspecified atom stereocenters. The van der Waals surface area contributed by atoms with Crippen molar-refractivity contribution >= 4 is 22.6 Å². The molecule has 2 atom stereocenters. The fourth-order valence-corrected chi connectivity index (χ4v) is 2.87. The minimum atomic E-state index is 0.512. The van der Waals surface area contributed by atoms with Crippen LogP contribution in [0.5, 0.6) is 0 Å². The molecule has 1 N–H and O–H groups in total. The molecule has 0 aromatic heterocycles. The van der Waals surface area contributed by atoms with Crippen molar-refractivity contribution in [1.82, 2.24) is 5.32 Å². The number of benzene rings is 1. The van der Waals surface area contributed by atoms with Crippen LogP contribution in [0.15, 0.2) is 24.3 Å². The van der Waals surface area contributed by atoms with Gasteiger partial charge < -0.3 is 10.1 Å². The van der Waals surface area contributed by atoms with Crippen molar-refractivity contribution in [3.63, 3.8) is 0 Å². The van der Waals surface area contributed by atoms with E-state index in [4.69, 9.17) is 4.74 Å². The smallest absolute Gasteiger partial charge is 0.0576 e. The molecule has 3 heteroatoms. The minimum absolute atomic E-state index is 0.512. The minimum Gasteiger partial charge on any atom is -0.378 e. The Kier molecular flexibility index (Phi) is 5.92. The molecule has 0 aliphatic carbocycles. The Balaban J connectivity index is 1.79. The van der Waals surface area contributed by atoms with Crippen LogP contribution in [0.1, 0.15) is 31.2 Å². The largest absolute Gasteiger partial charge is 0.378 e. The lowest BCUT2D eigenvalue weighted by Gasteiger charge is -2.18. The predicted molar refractivity (Wildman–Crippen MR) is 83.9 cm³/mol. The van der Waals surface area contributed by atoms with E-state index in [0.29, 0.717) is 12.1 Å². The Labute approximate surface area is 124 Å². The van der Waals surface area contributed by atoms with Gasteiger partial charge in [0.25, 0.3) is 0 Å². The highest BCUT2D eigenvalue weighted by Crippen LogP contribution is 2.19. The molecule has 0 saturated carbocycles. The molecule has 0 amide bonds. The van der Waals surface area contributed by atoms with Crippen molar-refractivity contribution in [2.45, 2.75) is 44.2 Å². The van der Waals surface area contributed by atoms with Crippen LogP contribution >= 0.6 is 22.6 Å². The molecule has 0 radical (unpaired) electrons. The Bertz CT molecular complexity index is 346. The highest BCUT2D eigenvalue weighted by molar-refractivity contribution is 14.1. The standard InChI is InChI=1S/C15H22INO/c1-17-14(8-9-15-3-2-10-18-15)11-12-4-6-13(16)7-5-12/h4-7,14-15,17H,2-3,8-11H2,1H3. The van der Waals surface area contributed by atoms with Gasteiger partial charge in [0.05, 0.1) is 6.10 Å². The van der Waals surface area contributed by atoms with Gasteiger partial charge in [0.1, 0.15) is 0 Å². The third-order valence-electron chi connectivity index (χ3n) is 3.66. The first-order chi connectivity index (χ1) is 8.78. The number of likely N-dealkylation sites (N-methyl/N-ethyl adjacent to an activating group) is 1. The molecule has 1 saturated heterocycles. The fraction of sp³-hybridized carbons (Fsp3) is 0.600. The van der Waals surface area contributed by atoms with Gasteiger partial charge in [-0.15, -0.1) is 0 Å². The van der Waals surface area contributed by atoms with E-state index >= 15 is 0 Å². The molecular formula is C15H22INO. The average Bonchev–Trinajstić information content (AvgIpc) is 2.90. The quantitative estimate of drug-likeness (QED) is 0.787. The average molecular weight is 359 g/mol. The van der Waals surface area contributed by atoms with Crippen molar-refractivity contribution in [3.05, 3.63) is 33.4 Å². The van der Waals surface area contributed by atoms with E-state index in [1.165, 1.54) is 34.8 Å². The molecule has 1 aromatic carbocycles. The predicted octanol–water partition coefficient (Wildman–Crippen LogP) is 3.38. The highest BCUT2D eigenvalue weighted by atomic mass is 127. The number of hydrogen-bond donors (Lipinski definition) is 1. The lowest BCUT2D eigenvalue weighted by Crippen LogP contribution is -2.28. The maximum Gasteiger partial charge on any atom is 0.0576 e. The first kappa shape index (κ1) is 14.3. The molecule has 0 bridgehead atoms. The Hall–Kier alpha value is -0.130. The maximum atomic E-state index is 5.69. The van der Waals surface area contributed by atoms with Crippen molar-refractivity contribution in [2.24, 2.45) is 0 Å². The van der Waals surface area contributed by atoms with E-state index in [9.17, 15) is 0 Å². The number of halogens is 1. The van der Waals surface area contributed by atoms with E-state index < -0.39 is 0 Å².